The lowest BCUT2D eigenvalue weighted by Gasteiger charge is -2.07. The second-order valence-corrected chi connectivity index (χ2v) is 3.69. The fraction of sp³-hybridized carbons (Fsp3) is 0.333. The summed E-state index contributed by atoms with van der Waals surface area (Å²) in [4.78, 5) is 0. The molecule has 0 aliphatic carbocycles. The van der Waals surface area contributed by atoms with Gasteiger partial charge in [-0.3, -0.25) is 4.68 Å². The molecule has 0 aliphatic heterocycles. The predicted molar refractivity (Wildman–Crippen MR) is 62.8 cm³/mol. The number of nitrogens with one attached hydrogen (secondary N) is 1. The second-order valence-electron chi connectivity index (χ2n) is 3.69. The first-order chi connectivity index (χ1) is 7.85. The fourth-order valence-electron chi connectivity index (χ4n) is 1.73. The van der Waals surface area contributed by atoms with Crippen LogP contribution in [0.2, 0.25) is 0 Å². The van der Waals surface area contributed by atoms with Crippen molar-refractivity contribution in [1.82, 2.24) is 15.1 Å². The first kappa shape index (κ1) is 10.7. The first-order valence-electron chi connectivity index (χ1n) is 5.32. The Hall–Kier alpha value is -1.86. The Morgan fingerprint density at radius 3 is 3.06 bits per heavy atom. The number of aromatic nitrogens is 2. The van der Waals surface area contributed by atoms with Crippen molar-refractivity contribution >= 4 is 10.9 Å². The molecule has 1 unspecified atom stereocenters. The van der Waals surface area contributed by atoms with E-state index in [4.69, 9.17) is 5.26 Å². The first-order valence-corrected chi connectivity index (χ1v) is 5.32. The number of fused-ring (bicyclic) bond motifs is 1. The Morgan fingerprint density at radius 2 is 2.31 bits per heavy atom. The molecule has 2 aromatic rings. The van der Waals surface area contributed by atoms with Crippen molar-refractivity contribution in [3.8, 4) is 6.07 Å². The summed E-state index contributed by atoms with van der Waals surface area (Å²) in [5, 5.41) is 17.2. The average Bonchev–Trinajstić information content (AvgIpc) is 2.74. The van der Waals surface area contributed by atoms with Gasteiger partial charge in [0.1, 0.15) is 0 Å². The summed E-state index contributed by atoms with van der Waals surface area (Å²) in [7, 11) is 1.80. The standard InChI is InChI=1S/C12H14N4/c1-14-11(8-13)6-7-16-12-5-3-2-4-10(12)9-15-16/h2-5,9,11,14H,6-7H2,1H3. The molecule has 1 heterocycles. The van der Waals surface area contributed by atoms with Crippen molar-refractivity contribution in [2.75, 3.05) is 7.05 Å². The molecule has 0 radical (unpaired) electrons. The maximum Gasteiger partial charge on any atom is 0.0968 e. The van der Waals surface area contributed by atoms with Crippen LogP contribution in [-0.2, 0) is 6.54 Å². The van der Waals surface area contributed by atoms with Gasteiger partial charge in [-0.2, -0.15) is 10.4 Å². The molecule has 0 aliphatic rings. The molecule has 1 aromatic heterocycles. The van der Waals surface area contributed by atoms with E-state index in [1.165, 1.54) is 0 Å². The smallest absolute Gasteiger partial charge is 0.0968 e. The Kier molecular flexibility index (Phi) is 3.18. The minimum Gasteiger partial charge on any atom is -0.305 e. The SMILES string of the molecule is CNC(C#N)CCn1ncc2ccccc21. The summed E-state index contributed by atoms with van der Waals surface area (Å²) < 4.78 is 1.94. The van der Waals surface area contributed by atoms with Crippen LogP contribution in [0.5, 0.6) is 0 Å². The van der Waals surface area contributed by atoms with Crippen molar-refractivity contribution in [2.45, 2.75) is 19.0 Å². The lowest BCUT2D eigenvalue weighted by Crippen LogP contribution is -2.24. The minimum absolute atomic E-state index is 0.108. The van der Waals surface area contributed by atoms with Gasteiger partial charge in [0.05, 0.1) is 23.8 Å². The average molecular weight is 214 g/mol. The van der Waals surface area contributed by atoms with Gasteiger partial charge in [0.25, 0.3) is 0 Å². The highest BCUT2D eigenvalue weighted by Gasteiger charge is 2.06. The maximum absolute atomic E-state index is 8.83. The molecule has 1 aromatic carbocycles. The predicted octanol–water partition coefficient (Wildman–Crippen LogP) is 1.54. The van der Waals surface area contributed by atoms with Crippen LogP contribution in [-0.4, -0.2) is 22.9 Å². The van der Waals surface area contributed by atoms with Crippen LogP contribution in [0.1, 0.15) is 6.42 Å². The molecule has 0 spiro atoms. The van der Waals surface area contributed by atoms with Gasteiger partial charge in [-0.1, -0.05) is 18.2 Å². The van der Waals surface area contributed by atoms with Crippen molar-refractivity contribution in [3.05, 3.63) is 30.5 Å². The lowest BCUT2D eigenvalue weighted by atomic mass is 10.2. The van der Waals surface area contributed by atoms with Crippen LogP contribution < -0.4 is 5.32 Å². The molecule has 16 heavy (non-hydrogen) atoms. The number of hydrogen-bond donors (Lipinski definition) is 1. The number of hydrogen-bond acceptors (Lipinski definition) is 3. The molecular weight excluding hydrogens is 200 g/mol. The van der Waals surface area contributed by atoms with Gasteiger partial charge in [-0.15, -0.1) is 0 Å². The van der Waals surface area contributed by atoms with Crippen LogP contribution in [0.4, 0.5) is 0 Å². The minimum atomic E-state index is -0.108. The zero-order valence-electron chi connectivity index (χ0n) is 9.22. The van der Waals surface area contributed by atoms with E-state index in [9.17, 15) is 0 Å². The quantitative estimate of drug-likeness (QED) is 0.839. The molecule has 82 valence electrons. The Morgan fingerprint density at radius 1 is 1.50 bits per heavy atom. The molecule has 0 saturated carbocycles. The third kappa shape index (κ3) is 2.05. The fourth-order valence-corrected chi connectivity index (χ4v) is 1.73. The summed E-state index contributed by atoms with van der Waals surface area (Å²) in [5.41, 5.74) is 1.12. The molecule has 1 atom stereocenters. The highest BCUT2D eigenvalue weighted by molar-refractivity contribution is 5.78. The number of para-hydroxylation sites is 1. The third-order valence-corrected chi connectivity index (χ3v) is 2.68. The van der Waals surface area contributed by atoms with Crippen molar-refractivity contribution in [2.24, 2.45) is 0 Å². The second kappa shape index (κ2) is 4.77. The zero-order chi connectivity index (χ0) is 11.4. The van der Waals surface area contributed by atoms with E-state index in [2.05, 4.69) is 16.5 Å². The number of benzene rings is 1. The van der Waals surface area contributed by atoms with E-state index in [1.54, 1.807) is 7.05 Å². The van der Waals surface area contributed by atoms with E-state index in [1.807, 2.05) is 35.1 Å². The van der Waals surface area contributed by atoms with Crippen LogP contribution >= 0.6 is 0 Å². The van der Waals surface area contributed by atoms with E-state index >= 15 is 0 Å². The lowest BCUT2D eigenvalue weighted by molar-refractivity contribution is 0.528. The molecule has 0 bridgehead atoms. The van der Waals surface area contributed by atoms with Gasteiger partial charge in [0.2, 0.25) is 0 Å². The van der Waals surface area contributed by atoms with E-state index in [0.717, 1.165) is 23.9 Å². The van der Waals surface area contributed by atoms with Gasteiger partial charge in [-0.05, 0) is 19.5 Å². The molecule has 0 saturated heterocycles. The molecule has 0 amide bonds. The molecule has 4 nitrogen and oxygen atoms in total. The van der Waals surface area contributed by atoms with Crippen LogP contribution in [0.3, 0.4) is 0 Å². The highest BCUT2D eigenvalue weighted by atomic mass is 15.3. The summed E-state index contributed by atoms with van der Waals surface area (Å²) in [5.74, 6) is 0. The zero-order valence-corrected chi connectivity index (χ0v) is 9.22. The van der Waals surface area contributed by atoms with Crippen molar-refractivity contribution in [1.29, 1.82) is 5.26 Å². The number of aryl methyl sites for hydroxylation is 1. The van der Waals surface area contributed by atoms with Gasteiger partial charge in [0.15, 0.2) is 0 Å². The summed E-state index contributed by atoms with van der Waals surface area (Å²) >= 11 is 0. The number of rotatable bonds is 4. The molecule has 2 rings (SSSR count). The summed E-state index contributed by atoms with van der Waals surface area (Å²) in [6, 6.07) is 10.2. The topological polar surface area (TPSA) is 53.6 Å². The molecule has 4 heteroatoms. The van der Waals surface area contributed by atoms with E-state index < -0.39 is 0 Å². The Balaban J connectivity index is 2.13. The number of nitriles is 1. The Labute approximate surface area is 94.5 Å². The van der Waals surface area contributed by atoms with Crippen LogP contribution in [0.15, 0.2) is 30.5 Å². The van der Waals surface area contributed by atoms with Crippen LogP contribution in [0, 0.1) is 11.3 Å². The summed E-state index contributed by atoms with van der Waals surface area (Å²) in [6.07, 6.45) is 2.62. The summed E-state index contributed by atoms with van der Waals surface area (Å²) in [6.45, 7) is 0.757. The third-order valence-electron chi connectivity index (χ3n) is 2.68. The van der Waals surface area contributed by atoms with Gasteiger partial charge in [-0.25, -0.2) is 0 Å². The highest BCUT2D eigenvalue weighted by Crippen LogP contribution is 2.13. The van der Waals surface area contributed by atoms with E-state index in [-0.39, 0.29) is 6.04 Å². The monoisotopic (exact) mass is 214 g/mol. The molecule has 0 fully saturated rings. The van der Waals surface area contributed by atoms with Crippen LogP contribution in [0.25, 0.3) is 10.9 Å². The van der Waals surface area contributed by atoms with Crippen molar-refractivity contribution < 1.29 is 0 Å². The van der Waals surface area contributed by atoms with Crippen molar-refractivity contribution in [3.63, 3.8) is 0 Å². The number of nitrogens with zero attached hydrogens (tertiary/aromatic N) is 3. The van der Waals surface area contributed by atoms with Gasteiger partial charge in [0, 0.05) is 11.9 Å². The van der Waals surface area contributed by atoms with Gasteiger partial charge < -0.3 is 5.32 Å². The normalized spacial score (nSPS) is 12.5. The Bertz CT molecular complexity index is 509. The molecule has 1 N–H and O–H groups in total. The van der Waals surface area contributed by atoms with E-state index in [0.29, 0.717) is 0 Å². The maximum atomic E-state index is 8.83. The largest absolute Gasteiger partial charge is 0.305 e. The van der Waals surface area contributed by atoms with Gasteiger partial charge >= 0.3 is 0 Å². The molecular formula is C12H14N4.